The molecule has 3 heterocycles. The standard InChI is InChI=1S/C27H25N3O3S/c1-3-32-21-11-7-18(8-12-21)23-15-16-24(33-23)26-25(22-6-4-5-17-28-22)29-27(34)30(26)19-9-13-20(31-2)14-10-19/h4-17,25-26H,3H2,1-2H3,(H,29,34)/t25-,26+/m1/s1. The zero-order valence-corrected chi connectivity index (χ0v) is 19.8. The van der Waals surface area contributed by atoms with Crippen molar-refractivity contribution in [3.8, 4) is 22.8 Å². The fourth-order valence-electron chi connectivity index (χ4n) is 4.21. The summed E-state index contributed by atoms with van der Waals surface area (Å²) in [4.78, 5) is 6.67. The molecule has 0 bridgehead atoms. The maximum absolute atomic E-state index is 6.42. The Morgan fingerprint density at radius 3 is 2.41 bits per heavy atom. The number of ether oxygens (including phenoxy) is 2. The van der Waals surface area contributed by atoms with Crippen LogP contribution < -0.4 is 19.7 Å². The summed E-state index contributed by atoms with van der Waals surface area (Å²) in [7, 11) is 1.66. The van der Waals surface area contributed by atoms with Gasteiger partial charge in [-0.1, -0.05) is 6.07 Å². The van der Waals surface area contributed by atoms with Crippen LogP contribution in [0.15, 0.2) is 89.5 Å². The molecule has 2 atom stereocenters. The van der Waals surface area contributed by atoms with Gasteiger partial charge in [-0.25, -0.2) is 0 Å². The van der Waals surface area contributed by atoms with Crippen LogP contribution in [0.3, 0.4) is 0 Å². The molecule has 0 unspecified atom stereocenters. The summed E-state index contributed by atoms with van der Waals surface area (Å²) < 4.78 is 17.3. The number of methoxy groups -OCH3 is 1. The van der Waals surface area contributed by atoms with Crippen molar-refractivity contribution in [3.05, 3.63) is 96.5 Å². The molecule has 2 aromatic heterocycles. The summed E-state index contributed by atoms with van der Waals surface area (Å²) in [6.45, 7) is 2.61. The lowest BCUT2D eigenvalue weighted by Gasteiger charge is -2.26. The molecule has 0 spiro atoms. The average molecular weight is 472 g/mol. The van der Waals surface area contributed by atoms with Crippen LogP contribution in [0.2, 0.25) is 0 Å². The van der Waals surface area contributed by atoms with Gasteiger partial charge in [-0.3, -0.25) is 4.98 Å². The predicted molar refractivity (Wildman–Crippen MR) is 136 cm³/mol. The Labute approximate surface area is 204 Å². The number of thiocarbonyl (C=S) groups is 1. The van der Waals surface area contributed by atoms with E-state index in [1.54, 1.807) is 13.3 Å². The maximum Gasteiger partial charge on any atom is 0.174 e. The first kappa shape index (κ1) is 22.0. The first-order valence-electron chi connectivity index (χ1n) is 11.2. The minimum atomic E-state index is -0.216. The van der Waals surface area contributed by atoms with Crippen LogP contribution in [0.4, 0.5) is 5.69 Å². The van der Waals surface area contributed by atoms with Crippen molar-refractivity contribution in [2.24, 2.45) is 0 Å². The highest BCUT2D eigenvalue weighted by Crippen LogP contribution is 2.43. The molecular formula is C27H25N3O3S. The first-order chi connectivity index (χ1) is 16.7. The minimum Gasteiger partial charge on any atom is -0.497 e. The summed E-state index contributed by atoms with van der Waals surface area (Å²) in [5.41, 5.74) is 2.82. The predicted octanol–water partition coefficient (Wildman–Crippen LogP) is 5.93. The molecule has 1 fully saturated rings. The summed E-state index contributed by atoms with van der Waals surface area (Å²) in [6, 6.07) is 25.3. The van der Waals surface area contributed by atoms with E-state index in [1.807, 2.05) is 85.8 Å². The number of pyridine rings is 1. The van der Waals surface area contributed by atoms with Crippen LogP contribution in [-0.4, -0.2) is 23.8 Å². The zero-order valence-electron chi connectivity index (χ0n) is 19.0. The Bertz CT molecular complexity index is 1260. The number of aromatic nitrogens is 1. The number of rotatable bonds is 7. The monoisotopic (exact) mass is 471 g/mol. The Morgan fingerprint density at radius 1 is 0.971 bits per heavy atom. The van der Waals surface area contributed by atoms with Crippen molar-refractivity contribution >= 4 is 23.0 Å². The second-order valence-electron chi connectivity index (χ2n) is 7.85. The number of hydrogen-bond donors (Lipinski definition) is 1. The van der Waals surface area contributed by atoms with E-state index in [0.29, 0.717) is 11.7 Å². The van der Waals surface area contributed by atoms with E-state index in [-0.39, 0.29) is 12.1 Å². The van der Waals surface area contributed by atoms with Gasteiger partial charge in [0.15, 0.2) is 5.11 Å². The van der Waals surface area contributed by atoms with E-state index in [9.17, 15) is 0 Å². The lowest BCUT2D eigenvalue weighted by Crippen LogP contribution is -2.29. The van der Waals surface area contributed by atoms with Gasteiger partial charge in [0.25, 0.3) is 0 Å². The molecule has 1 saturated heterocycles. The molecule has 0 saturated carbocycles. The third kappa shape index (κ3) is 4.22. The first-order valence-corrected chi connectivity index (χ1v) is 11.6. The topological polar surface area (TPSA) is 59.8 Å². The zero-order chi connectivity index (χ0) is 23.5. The van der Waals surface area contributed by atoms with Crippen LogP contribution in [0, 0.1) is 0 Å². The average Bonchev–Trinajstić information content (AvgIpc) is 3.50. The van der Waals surface area contributed by atoms with Crippen molar-refractivity contribution in [2.75, 3.05) is 18.6 Å². The Morgan fingerprint density at radius 2 is 1.74 bits per heavy atom. The second kappa shape index (κ2) is 9.57. The molecule has 7 heteroatoms. The molecule has 6 nitrogen and oxygen atoms in total. The van der Waals surface area contributed by atoms with Crippen LogP contribution in [0.1, 0.15) is 30.5 Å². The maximum atomic E-state index is 6.42. The summed E-state index contributed by atoms with van der Waals surface area (Å²) >= 11 is 5.78. The van der Waals surface area contributed by atoms with Gasteiger partial charge < -0.3 is 24.1 Å². The van der Waals surface area contributed by atoms with Crippen LogP contribution in [-0.2, 0) is 0 Å². The molecule has 0 amide bonds. The summed E-state index contributed by atoms with van der Waals surface area (Å²) in [5.74, 6) is 3.20. The third-order valence-electron chi connectivity index (χ3n) is 5.82. The number of nitrogens with one attached hydrogen (secondary N) is 1. The van der Waals surface area contributed by atoms with E-state index in [4.69, 9.17) is 26.1 Å². The van der Waals surface area contributed by atoms with Gasteiger partial charge in [0.1, 0.15) is 29.1 Å². The van der Waals surface area contributed by atoms with Gasteiger partial charge in [-0.15, -0.1) is 0 Å². The fraction of sp³-hybridized carbons (Fsp3) is 0.185. The molecule has 2 aromatic carbocycles. The summed E-state index contributed by atoms with van der Waals surface area (Å²) in [6.07, 6.45) is 1.79. The van der Waals surface area contributed by atoms with Crippen LogP contribution >= 0.6 is 12.2 Å². The fourth-order valence-corrected chi connectivity index (χ4v) is 4.56. The van der Waals surface area contributed by atoms with Crippen molar-refractivity contribution in [3.63, 3.8) is 0 Å². The van der Waals surface area contributed by atoms with Crippen LogP contribution in [0.25, 0.3) is 11.3 Å². The van der Waals surface area contributed by atoms with Crippen molar-refractivity contribution in [2.45, 2.75) is 19.0 Å². The lowest BCUT2D eigenvalue weighted by molar-refractivity contribution is 0.340. The molecule has 0 radical (unpaired) electrons. The number of furan rings is 1. The van der Waals surface area contributed by atoms with Crippen LogP contribution in [0.5, 0.6) is 11.5 Å². The highest BCUT2D eigenvalue weighted by molar-refractivity contribution is 7.80. The Balaban J connectivity index is 1.53. The molecule has 5 rings (SSSR count). The minimum absolute atomic E-state index is 0.171. The normalized spacial score (nSPS) is 17.5. The van der Waals surface area contributed by atoms with Gasteiger partial charge in [0.2, 0.25) is 0 Å². The molecular weight excluding hydrogens is 446 g/mol. The van der Waals surface area contributed by atoms with E-state index < -0.39 is 0 Å². The van der Waals surface area contributed by atoms with Gasteiger partial charge in [0.05, 0.1) is 25.5 Å². The third-order valence-corrected chi connectivity index (χ3v) is 6.13. The second-order valence-corrected chi connectivity index (χ2v) is 8.24. The Hall–Kier alpha value is -3.84. The van der Waals surface area contributed by atoms with Gasteiger partial charge in [-0.2, -0.15) is 0 Å². The lowest BCUT2D eigenvalue weighted by atomic mass is 10.0. The SMILES string of the molecule is CCOc1ccc(-c2ccc([C@H]3[C@@H](c4ccccn4)NC(=S)N3c3ccc(OC)cc3)o2)cc1. The van der Waals surface area contributed by atoms with Crippen molar-refractivity contribution in [1.29, 1.82) is 0 Å². The van der Waals surface area contributed by atoms with Crippen molar-refractivity contribution < 1.29 is 13.9 Å². The van der Waals surface area contributed by atoms with E-state index in [0.717, 1.165) is 40.0 Å². The largest absolute Gasteiger partial charge is 0.497 e. The highest BCUT2D eigenvalue weighted by Gasteiger charge is 2.42. The molecule has 172 valence electrons. The number of hydrogen-bond acceptors (Lipinski definition) is 5. The van der Waals surface area contributed by atoms with Crippen molar-refractivity contribution in [1.82, 2.24) is 10.3 Å². The quantitative estimate of drug-likeness (QED) is 0.335. The van der Waals surface area contributed by atoms with Gasteiger partial charge in [-0.05, 0) is 91.9 Å². The summed E-state index contributed by atoms with van der Waals surface area (Å²) in [5, 5.41) is 4.07. The van der Waals surface area contributed by atoms with Gasteiger partial charge in [0, 0.05) is 17.4 Å². The molecule has 4 aromatic rings. The number of benzene rings is 2. The molecule has 1 aliphatic heterocycles. The molecule has 1 N–H and O–H groups in total. The molecule has 34 heavy (non-hydrogen) atoms. The molecule has 1 aliphatic rings. The molecule has 0 aliphatic carbocycles. The highest BCUT2D eigenvalue weighted by atomic mass is 32.1. The van der Waals surface area contributed by atoms with Gasteiger partial charge >= 0.3 is 0 Å². The number of anilines is 1. The van der Waals surface area contributed by atoms with E-state index in [2.05, 4.69) is 15.2 Å². The number of nitrogens with zero attached hydrogens (tertiary/aromatic N) is 2. The Kier molecular flexibility index (Phi) is 6.18. The van der Waals surface area contributed by atoms with E-state index >= 15 is 0 Å². The van der Waals surface area contributed by atoms with E-state index in [1.165, 1.54) is 0 Å². The smallest absolute Gasteiger partial charge is 0.174 e.